The number of likely N-dealkylation sites (tertiary alicyclic amines) is 3. The van der Waals surface area contributed by atoms with Gasteiger partial charge in [-0.1, -0.05) is 41.5 Å². The third kappa shape index (κ3) is 11.6. The van der Waals surface area contributed by atoms with Crippen molar-refractivity contribution in [1.82, 2.24) is 30.7 Å². The third-order valence-corrected chi connectivity index (χ3v) is 14.1. The van der Waals surface area contributed by atoms with E-state index in [-0.39, 0.29) is 33.0 Å². The molecule has 15 heteroatoms. The molecule has 0 amide bonds. The summed E-state index contributed by atoms with van der Waals surface area (Å²) in [6.07, 6.45) is 10.2. The number of hydrogen-bond donors (Lipinski definition) is 3. The second-order valence-electron chi connectivity index (χ2n) is 21.4. The highest BCUT2D eigenvalue weighted by Crippen LogP contribution is 2.47. The van der Waals surface area contributed by atoms with Crippen LogP contribution in [0.15, 0.2) is 67.6 Å². The van der Waals surface area contributed by atoms with Gasteiger partial charge in [0.1, 0.15) is 54.7 Å². The van der Waals surface area contributed by atoms with Crippen molar-refractivity contribution < 1.29 is 28.6 Å². The van der Waals surface area contributed by atoms with Crippen molar-refractivity contribution in [3.8, 4) is 18.2 Å². The van der Waals surface area contributed by atoms with Crippen molar-refractivity contribution in [2.75, 3.05) is 80.2 Å². The number of esters is 3. The largest absolute Gasteiger partial charge is 0.461 e. The van der Waals surface area contributed by atoms with Crippen LogP contribution in [0, 0.1) is 56.2 Å². The van der Waals surface area contributed by atoms with Crippen LogP contribution >= 0.6 is 0 Å². The molecule has 3 aliphatic heterocycles. The van der Waals surface area contributed by atoms with Crippen LogP contribution in [-0.4, -0.2) is 113 Å². The van der Waals surface area contributed by atoms with E-state index in [1.807, 2.05) is 0 Å². The highest BCUT2D eigenvalue weighted by molar-refractivity contribution is 5.96. The molecule has 15 nitrogen and oxygen atoms in total. The Morgan fingerprint density at radius 1 is 0.478 bits per heavy atom. The van der Waals surface area contributed by atoms with Crippen LogP contribution in [0.1, 0.15) is 119 Å². The smallest absolute Gasteiger partial charge is 0.349 e. The fraction of sp³-hybridized carbons (Fsp3) is 0.654. The molecule has 0 radical (unpaired) electrons. The molecule has 6 rings (SSSR count). The van der Waals surface area contributed by atoms with Gasteiger partial charge in [0.05, 0.1) is 23.0 Å². The number of rotatable bonds is 15. The number of carbonyl (C=O) groups excluding carboxylic acids is 3. The van der Waals surface area contributed by atoms with Crippen LogP contribution in [-0.2, 0) is 28.6 Å². The Labute approximate surface area is 398 Å². The molecule has 3 heterocycles. The molecule has 67 heavy (non-hydrogen) atoms. The van der Waals surface area contributed by atoms with Crippen LogP contribution in [0.5, 0.6) is 0 Å². The topological polar surface area (TPSA) is 196 Å². The summed E-state index contributed by atoms with van der Waals surface area (Å²) in [7, 11) is 5.39. The SMILES string of the molecule is CNC1=C(N2CCCC2)CC(C)(C)C/C1=C(/C#N)C(=O)OCC(COC(=O)/C(C#N)=C1\CC(C)(C)CC(N2CCCC2)=C1NC)COC(=O)/C(C#N)=C1\CC(C)(C)CC(N2CCCC2)=C1NC. The van der Waals surface area contributed by atoms with Gasteiger partial charge in [0.25, 0.3) is 0 Å². The minimum absolute atomic E-state index is 0.130. The van der Waals surface area contributed by atoms with Gasteiger partial charge in [-0.05, 0) is 93.3 Å². The van der Waals surface area contributed by atoms with Gasteiger partial charge < -0.3 is 44.9 Å². The van der Waals surface area contributed by atoms with E-state index in [1.54, 1.807) is 21.1 Å². The van der Waals surface area contributed by atoms with Crippen molar-refractivity contribution in [1.29, 1.82) is 15.8 Å². The summed E-state index contributed by atoms with van der Waals surface area (Å²) >= 11 is 0. The highest BCUT2D eigenvalue weighted by Gasteiger charge is 2.40. The van der Waals surface area contributed by atoms with Crippen LogP contribution in [0.2, 0.25) is 0 Å². The van der Waals surface area contributed by atoms with Crippen molar-refractivity contribution in [3.05, 3.63) is 67.6 Å². The molecule has 0 atom stereocenters. The normalized spacial score (nSPS) is 23.6. The van der Waals surface area contributed by atoms with Gasteiger partial charge in [-0.3, -0.25) is 0 Å². The van der Waals surface area contributed by atoms with Crippen molar-refractivity contribution in [3.63, 3.8) is 0 Å². The summed E-state index contributed by atoms with van der Waals surface area (Å²) in [5.74, 6) is -3.48. The first-order chi connectivity index (χ1) is 31.9. The van der Waals surface area contributed by atoms with E-state index in [1.165, 1.54) is 0 Å². The number of nitrogens with zero attached hydrogens (tertiary/aromatic N) is 6. The quantitative estimate of drug-likeness (QED) is 0.0676. The molecular weight excluding hydrogens is 847 g/mol. The first kappa shape index (κ1) is 50.5. The average molecular weight is 920 g/mol. The Morgan fingerprint density at radius 3 is 0.925 bits per heavy atom. The highest BCUT2D eigenvalue weighted by atomic mass is 16.6. The van der Waals surface area contributed by atoms with E-state index in [9.17, 15) is 30.2 Å². The Balaban J connectivity index is 1.31. The Hall–Kier alpha value is -5.88. The number of likely N-dealkylation sites (N-methyl/N-ethyl adjacent to an activating group) is 3. The van der Waals surface area contributed by atoms with Crippen molar-refractivity contribution in [2.45, 2.75) is 119 Å². The second kappa shape index (κ2) is 21.4. The average Bonchev–Trinajstić information content (AvgIpc) is 4.11. The number of nitrogens with one attached hydrogen (secondary N) is 3. The van der Waals surface area contributed by atoms with Gasteiger partial charge in [0.15, 0.2) is 0 Å². The summed E-state index contributed by atoms with van der Waals surface area (Å²) in [5.41, 5.74) is 6.11. The van der Waals surface area contributed by atoms with E-state index in [2.05, 4.69) is 90.4 Å². The summed E-state index contributed by atoms with van der Waals surface area (Å²) < 4.78 is 17.7. The van der Waals surface area contributed by atoms with E-state index in [0.29, 0.717) is 36.0 Å². The predicted molar refractivity (Wildman–Crippen MR) is 254 cm³/mol. The number of nitriles is 3. The van der Waals surface area contributed by atoms with E-state index >= 15 is 0 Å². The molecule has 362 valence electrons. The maximum Gasteiger partial charge on any atom is 0.349 e. The van der Waals surface area contributed by atoms with E-state index < -0.39 is 43.6 Å². The minimum atomic E-state index is -0.927. The zero-order valence-corrected chi connectivity index (χ0v) is 41.6. The van der Waals surface area contributed by atoms with E-state index in [0.717, 1.165) is 131 Å². The first-order valence-corrected chi connectivity index (χ1v) is 24.3. The number of allylic oxidation sites excluding steroid dienone is 6. The lowest BCUT2D eigenvalue weighted by Gasteiger charge is -2.39. The van der Waals surface area contributed by atoms with Crippen LogP contribution in [0.25, 0.3) is 0 Å². The lowest BCUT2D eigenvalue weighted by Crippen LogP contribution is -2.35. The van der Waals surface area contributed by atoms with E-state index in [4.69, 9.17) is 14.2 Å². The maximum absolute atomic E-state index is 14.1. The lowest BCUT2D eigenvalue weighted by molar-refractivity contribution is -0.148. The predicted octanol–water partition coefficient (Wildman–Crippen LogP) is 6.73. The molecule has 0 aromatic heterocycles. The molecular formula is C52H73N9O6. The van der Waals surface area contributed by atoms with Gasteiger partial charge in [-0.15, -0.1) is 0 Å². The zero-order chi connectivity index (χ0) is 48.7. The molecule has 0 unspecified atom stereocenters. The molecule has 0 saturated carbocycles. The molecule has 6 aliphatic rings. The summed E-state index contributed by atoms with van der Waals surface area (Å²) in [6.45, 7) is 17.0. The van der Waals surface area contributed by atoms with Gasteiger partial charge in [0.2, 0.25) is 0 Å². The zero-order valence-electron chi connectivity index (χ0n) is 41.6. The molecule has 0 bridgehead atoms. The summed E-state index contributed by atoms with van der Waals surface area (Å²) in [5, 5.41) is 41.5. The second-order valence-corrected chi connectivity index (χ2v) is 21.4. The maximum atomic E-state index is 14.1. The summed E-state index contributed by atoms with van der Waals surface area (Å²) in [4.78, 5) is 49.3. The van der Waals surface area contributed by atoms with Gasteiger partial charge in [0, 0.05) is 94.2 Å². The van der Waals surface area contributed by atoms with Crippen LogP contribution in [0.3, 0.4) is 0 Å². The van der Waals surface area contributed by atoms with Crippen molar-refractivity contribution in [2.24, 2.45) is 22.2 Å². The summed E-state index contributed by atoms with van der Waals surface area (Å²) in [6, 6.07) is 6.41. The molecule has 0 aromatic carbocycles. The Morgan fingerprint density at radius 2 is 0.716 bits per heavy atom. The van der Waals surface area contributed by atoms with Gasteiger partial charge in [-0.25, -0.2) is 14.4 Å². The lowest BCUT2D eigenvalue weighted by atomic mass is 9.74. The third-order valence-electron chi connectivity index (χ3n) is 14.1. The van der Waals surface area contributed by atoms with Crippen molar-refractivity contribution >= 4 is 17.9 Å². The molecule has 3 N–H and O–H groups in total. The monoisotopic (exact) mass is 920 g/mol. The number of hydrogen-bond acceptors (Lipinski definition) is 15. The fourth-order valence-corrected chi connectivity index (χ4v) is 11.0. The fourth-order valence-electron chi connectivity index (χ4n) is 11.0. The molecule has 3 aliphatic carbocycles. The van der Waals surface area contributed by atoms with Crippen LogP contribution in [0.4, 0.5) is 0 Å². The van der Waals surface area contributed by atoms with Gasteiger partial charge >= 0.3 is 17.9 Å². The molecule has 0 aromatic rings. The van der Waals surface area contributed by atoms with Gasteiger partial charge in [-0.2, -0.15) is 15.8 Å². The number of ether oxygens (including phenoxy) is 3. The molecule has 0 spiro atoms. The standard InChI is InChI=1S/C52H73N9O6/c1-50(2)22-35(44(56-7)41(25-50)59-16-10-11-17-59)38(28-53)47(62)65-31-34(32-66-48(63)39(29-54)36-23-51(3,4)26-42(45(36)57-8)60-18-12-13-19-60)33-67-49(64)40(30-55)37-24-52(5,6)27-43(46(37)58-9)61-20-14-15-21-61/h34,56-58H,10-27,31-33H2,1-9H3/b38-35+,39-36+,40-37+. The molecule has 3 fully saturated rings. The number of carbonyl (C=O) groups is 3. The Bertz CT molecular complexity index is 2020. The Kier molecular flexibility index (Phi) is 16.1. The molecule has 3 saturated heterocycles. The van der Waals surface area contributed by atoms with Crippen LogP contribution < -0.4 is 16.0 Å². The minimum Gasteiger partial charge on any atom is -0.461 e. The first-order valence-electron chi connectivity index (χ1n) is 24.3.